The Hall–Kier alpha value is -1.20. The third-order valence-corrected chi connectivity index (χ3v) is 17.0. The minimum atomic E-state index is -1.83. The number of hydrogen-bond acceptors (Lipinski definition) is 30. The van der Waals surface area contributed by atoms with E-state index in [1.54, 1.807) is 0 Å². The van der Waals surface area contributed by atoms with E-state index in [1.807, 2.05) is 0 Å². The van der Waals surface area contributed by atoms with Gasteiger partial charge in [0.15, 0.2) is 37.7 Å². The standard InChI is InChI=1S/C52H88O30/c1-53-17-23-27-31(57-5)39(65-13)47(71-23)79-43-35(61-9)41(67-15)49-78-30-26(20-69-51(43,81-49)21-55-3)74-46(38(64-12)34(30)60-8)76-28-24(18-54-2)72-48(40(66-14)32(28)58-6)80-44-36(62-10)42(68-16)50-77-29-25(19-70-52(44,82-50)22-56-4)73-45(75-27)37(63-11)33(29)59-7/h23-50H,17-22H2,1-16H3/t23-,24-,25-,26-,27-,28-,29-,30-,31+,32+,33+,34+,35-,36-,37-,38-,39-,40-,41-,42-,43+,44+,45-,46-,47-,48-,49+,50+,51-,52-/m1/s1. The van der Waals surface area contributed by atoms with E-state index in [1.165, 1.54) is 114 Å². The number of methoxy groups -OCH3 is 16. The molecule has 12 aliphatic heterocycles. The van der Waals surface area contributed by atoms with Gasteiger partial charge in [0.1, 0.15) is 148 Å². The fraction of sp³-hybridized carbons (Fsp3) is 1.00. The van der Waals surface area contributed by atoms with Gasteiger partial charge in [-0.3, -0.25) is 0 Å². The Morgan fingerprint density at radius 3 is 0.854 bits per heavy atom. The first-order valence-electron chi connectivity index (χ1n) is 27.3. The van der Waals surface area contributed by atoms with Crippen LogP contribution in [0.15, 0.2) is 0 Å². The molecule has 12 bridgehead atoms. The van der Waals surface area contributed by atoms with Crippen LogP contribution in [0.3, 0.4) is 0 Å². The van der Waals surface area contributed by atoms with E-state index in [0.717, 1.165) is 0 Å². The second kappa shape index (κ2) is 29.0. The molecule has 0 radical (unpaired) electrons. The average Bonchev–Trinajstić information content (AvgIpc) is 3.22. The summed E-state index contributed by atoms with van der Waals surface area (Å²) < 4.78 is 196. The molecule has 12 fully saturated rings. The molecule has 0 unspecified atom stereocenters. The molecule has 30 nitrogen and oxygen atoms in total. The first-order valence-corrected chi connectivity index (χ1v) is 27.3. The van der Waals surface area contributed by atoms with Crippen LogP contribution in [0.4, 0.5) is 0 Å². The molecule has 0 aromatic heterocycles. The summed E-state index contributed by atoms with van der Waals surface area (Å²) >= 11 is 0. The summed E-state index contributed by atoms with van der Waals surface area (Å²) in [6, 6.07) is 0. The van der Waals surface area contributed by atoms with E-state index in [2.05, 4.69) is 0 Å². The van der Waals surface area contributed by atoms with Crippen LogP contribution in [0.2, 0.25) is 0 Å². The van der Waals surface area contributed by atoms with Crippen molar-refractivity contribution in [2.45, 2.75) is 184 Å². The van der Waals surface area contributed by atoms with Crippen LogP contribution in [-0.2, 0) is 142 Å². The lowest BCUT2D eigenvalue weighted by Gasteiger charge is -2.57. The van der Waals surface area contributed by atoms with E-state index < -0.39 is 184 Å². The number of ether oxygens (including phenoxy) is 30. The molecule has 0 amide bonds. The van der Waals surface area contributed by atoms with Gasteiger partial charge in [-0.05, 0) is 0 Å². The van der Waals surface area contributed by atoms with Crippen molar-refractivity contribution in [3.8, 4) is 0 Å². The predicted molar refractivity (Wildman–Crippen MR) is 268 cm³/mol. The van der Waals surface area contributed by atoms with E-state index in [4.69, 9.17) is 142 Å². The molecular formula is C52H88O30. The Labute approximate surface area is 478 Å². The van der Waals surface area contributed by atoms with Gasteiger partial charge in [-0.15, -0.1) is 0 Å². The zero-order valence-corrected chi connectivity index (χ0v) is 49.7. The lowest BCUT2D eigenvalue weighted by atomic mass is 9.91. The molecule has 0 aliphatic carbocycles. The molecule has 12 heterocycles. The summed E-state index contributed by atoms with van der Waals surface area (Å²) in [5.41, 5.74) is 0. The van der Waals surface area contributed by atoms with Crippen molar-refractivity contribution < 1.29 is 142 Å². The van der Waals surface area contributed by atoms with Crippen LogP contribution < -0.4 is 0 Å². The topological polar surface area (TPSA) is 277 Å². The molecule has 12 saturated heterocycles. The summed E-state index contributed by atoms with van der Waals surface area (Å²) in [6.45, 7) is -0.995. The predicted octanol–water partition coefficient (Wildman–Crippen LogP) is -1.86. The first kappa shape index (κ1) is 65.3. The van der Waals surface area contributed by atoms with Crippen molar-refractivity contribution in [1.82, 2.24) is 0 Å². The highest BCUT2D eigenvalue weighted by Gasteiger charge is 2.67. The Bertz CT molecular complexity index is 1810. The fourth-order valence-corrected chi connectivity index (χ4v) is 13.2. The van der Waals surface area contributed by atoms with Gasteiger partial charge in [0, 0.05) is 114 Å². The molecular weight excluding hydrogens is 1100 g/mol. The van der Waals surface area contributed by atoms with Crippen molar-refractivity contribution in [2.24, 2.45) is 0 Å². The molecule has 12 rings (SSSR count). The zero-order valence-electron chi connectivity index (χ0n) is 49.7. The lowest BCUT2D eigenvalue weighted by molar-refractivity contribution is -0.475. The van der Waals surface area contributed by atoms with Gasteiger partial charge >= 0.3 is 0 Å². The number of fused-ring (bicyclic) bond motifs is 2. The minimum Gasteiger partial charge on any atom is -0.382 e. The maximum Gasteiger partial charge on any atom is 0.224 e. The molecule has 82 heavy (non-hydrogen) atoms. The summed E-state index contributed by atoms with van der Waals surface area (Å²) in [4.78, 5) is 0. The highest BCUT2D eigenvalue weighted by Crippen LogP contribution is 2.47. The maximum absolute atomic E-state index is 7.10. The van der Waals surface area contributed by atoms with Gasteiger partial charge in [0.2, 0.25) is 11.6 Å². The second-order valence-corrected chi connectivity index (χ2v) is 21.1. The van der Waals surface area contributed by atoms with E-state index in [9.17, 15) is 0 Å². The molecule has 12 aliphatic rings. The Morgan fingerprint density at radius 1 is 0.280 bits per heavy atom. The van der Waals surface area contributed by atoms with Crippen molar-refractivity contribution in [3.05, 3.63) is 0 Å². The SMILES string of the molecule is COC[C@H]1O[C@@H]2O[C@H]3[C@H](OC)[C@@H](OC)[C@H]4O[C@H]5[C@H](OC)[C@@H](OC)[C@@H](O[C@H]6[C@H](OC)[C@@H](OC)[C@H](O[C@@H]6COC)O[C@H]6[C@H](OC)[C@@H](OC)[C@H]7O[C@H]8[C@H](OC)[C@@H](OC)[C@@H](O[C@H]1[C@H](OC)[C@H]2OC)O[C@@H]8CO[C@]6(COC)O7)O[C@@H]5CO[C@]3(COC)O4. The molecule has 476 valence electrons. The van der Waals surface area contributed by atoms with Gasteiger partial charge in [0.05, 0.1) is 26.4 Å². The van der Waals surface area contributed by atoms with Crippen LogP contribution in [-0.4, -0.2) is 337 Å². The lowest BCUT2D eigenvalue weighted by Crippen LogP contribution is -2.75. The van der Waals surface area contributed by atoms with Crippen LogP contribution >= 0.6 is 0 Å². The van der Waals surface area contributed by atoms with Gasteiger partial charge in [-0.25, -0.2) is 0 Å². The fourth-order valence-electron chi connectivity index (χ4n) is 13.2. The summed E-state index contributed by atoms with van der Waals surface area (Å²) in [6.07, 6.45) is -29.4. The highest BCUT2D eigenvalue weighted by molar-refractivity contribution is 5.07. The minimum absolute atomic E-state index is 0.0407. The zero-order chi connectivity index (χ0) is 58.6. The van der Waals surface area contributed by atoms with Crippen molar-refractivity contribution in [1.29, 1.82) is 0 Å². The molecule has 0 spiro atoms. The van der Waals surface area contributed by atoms with Crippen molar-refractivity contribution in [2.75, 3.05) is 153 Å². The summed E-state index contributed by atoms with van der Waals surface area (Å²) in [7, 11) is 24.1. The van der Waals surface area contributed by atoms with E-state index in [-0.39, 0.29) is 39.6 Å². The van der Waals surface area contributed by atoms with Gasteiger partial charge in [-0.2, -0.15) is 0 Å². The Balaban J connectivity index is 1.19. The van der Waals surface area contributed by atoms with Gasteiger partial charge in [0.25, 0.3) is 0 Å². The number of hydrogen-bond donors (Lipinski definition) is 0. The first-order chi connectivity index (χ1) is 39.9. The largest absolute Gasteiger partial charge is 0.382 e. The van der Waals surface area contributed by atoms with E-state index in [0.29, 0.717) is 0 Å². The Kier molecular flexibility index (Phi) is 23.0. The van der Waals surface area contributed by atoms with E-state index >= 15 is 0 Å². The van der Waals surface area contributed by atoms with Crippen molar-refractivity contribution >= 4 is 0 Å². The third kappa shape index (κ3) is 12.1. The molecule has 0 saturated carbocycles. The van der Waals surface area contributed by atoms with Crippen molar-refractivity contribution in [3.63, 3.8) is 0 Å². The summed E-state index contributed by atoms with van der Waals surface area (Å²) in [5.74, 6) is -3.65. The third-order valence-electron chi connectivity index (χ3n) is 17.0. The van der Waals surface area contributed by atoms with Crippen LogP contribution in [0.1, 0.15) is 0 Å². The molecule has 0 aromatic carbocycles. The van der Waals surface area contributed by atoms with Crippen LogP contribution in [0.25, 0.3) is 0 Å². The average molecular weight is 1190 g/mol. The molecule has 0 aromatic rings. The van der Waals surface area contributed by atoms with Crippen LogP contribution in [0.5, 0.6) is 0 Å². The molecule has 0 N–H and O–H groups in total. The summed E-state index contributed by atoms with van der Waals surface area (Å²) in [5, 5.41) is 0. The monoisotopic (exact) mass is 1190 g/mol. The maximum atomic E-state index is 7.10. The van der Waals surface area contributed by atoms with Gasteiger partial charge in [-0.1, -0.05) is 0 Å². The quantitative estimate of drug-likeness (QED) is 0.129. The number of rotatable bonds is 20. The van der Waals surface area contributed by atoms with Crippen LogP contribution in [0, 0.1) is 0 Å². The smallest absolute Gasteiger partial charge is 0.224 e. The Morgan fingerprint density at radius 2 is 0.561 bits per heavy atom. The molecule has 30 heteroatoms. The normalized spacial score (nSPS) is 49.8. The second-order valence-electron chi connectivity index (χ2n) is 21.1. The van der Waals surface area contributed by atoms with Gasteiger partial charge < -0.3 is 142 Å². The highest BCUT2D eigenvalue weighted by atomic mass is 16.9. The molecule has 30 atom stereocenters.